The van der Waals surface area contributed by atoms with Crippen LogP contribution in [0.4, 0.5) is 0 Å². The molecule has 4 nitrogen and oxygen atoms in total. The van der Waals surface area contributed by atoms with Crippen LogP contribution in [0.2, 0.25) is 0 Å². The number of fused-ring (bicyclic) bond motifs is 1. The first-order valence-corrected chi connectivity index (χ1v) is 6.82. The van der Waals surface area contributed by atoms with E-state index in [1.165, 1.54) is 7.11 Å². The fourth-order valence-corrected chi connectivity index (χ4v) is 2.37. The Morgan fingerprint density at radius 3 is 2.33 bits per heavy atom. The first-order valence-electron chi connectivity index (χ1n) is 6.82. The minimum atomic E-state index is -0.783. The topological polar surface area (TPSA) is 61.5 Å². The van der Waals surface area contributed by atoms with Gasteiger partial charge in [-0.1, -0.05) is 18.2 Å². The third-order valence-electron chi connectivity index (χ3n) is 3.92. The highest BCUT2D eigenvalue weighted by Crippen LogP contribution is 2.34. The highest BCUT2D eigenvalue weighted by Gasteiger charge is 2.36. The molecule has 112 valence electrons. The van der Waals surface area contributed by atoms with Crippen molar-refractivity contribution in [2.24, 2.45) is 11.1 Å². The average Bonchev–Trinajstić information content (AvgIpc) is 2.51. The second-order valence-electron chi connectivity index (χ2n) is 5.66. The molecule has 0 spiro atoms. The summed E-state index contributed by atoms with van der Waals surface area (Å²) in [6.07, 6.45) is 0. The maximum Gasteiger partial charge on any atom is 0.313 e. The molecule has 0 bridgehead atoms. The predicted octanol–water partition coefficient (Wildman–Crippen LogP) is 3.05. The van der Waals surface area contributed by atoms with Gasteiger partial charge in [0.1, 0.15) is 5.75 Å². The Hall–Kier alpha value is -2.07. The first-order chi connectivity index (χ1) is 9.90. The van der Waals surface area contributed by atoms with Gasteiger partial charge in [-0.15, -0.1) is 0 Å². The molecule has 0 amide bonds. The number of hydrogen-bond acceptors (Lipinski definition) is 4. The normalized spacial score (nSPS) is 13.0. The standard InChI is InChI=1S/C17H21NO3/c1-17(2,16(19)21-4)15(18)13-6-5-12-10-14(20-3)8-7-11(12)9-13/h5-10,15H,18H2,1-4H3/t15-/m1/s1. The monoisotopic (exact) mass is 287 g/mol. The molecule has 21 heavy (non-hydrogen) atoms. The van der Waals surface area contributed by atoms with E-state index in [0.29, 0.717) is 0 Å². The average molecular weight is 287 g/mol. The number of nitrogens with two attached hydrogens (primary N) is 1. The van der Waals surface area contributed by atoms with Crippen molar-refractivity contribution in [2.45, 2.75) is 19.9 Å². The fourth-order valence-electron chi connectivity index (χ4n) is 2.37. The van der Waals surface area contributed by atoms with Crippen LogP contribution >= 0.6 is 0 Å². The maximum atomic E-state index is 11.9. The van der Waals surface area contributed by atoms with Crippen molar-refractivity contribution < 1.29 is 14.3 Å². The van der Waals surface area contributed by atoms with Gasteiger partial charge in [0.2, 0.25) is 0 Å². The van der Waals surface area contributed by atoms with Gasteiger partial charge in [0, 0.05) is 6.04 Å². The predicted molar refractivity (Wildman–Crippen MR) is 83.2 cm³/mol. The van der Waals surface area contributed by atoms with E-state index in [1.807, 2.05) is 36.4 Å². The van der Waals surface area contributed by atoms with Crippen molar-refractivity contribution in [3.05, 3.63) is 42.0 Å². The minimum absolute atomic E-state index is 0.315. The SMILES string of the molecule is COC(=O)C(C)(C)[C@H](N)c1ccc2cc(OC)ccc2c1. The molecule has 2 aromatic carbocycles. The van der Waals surface area contributed by atoms with Crippen LogP contribution in [0.25, 0.3) is 10.8 Å². The van der Waals surface area contributed by atoms with Gasteiger partial charge >= 0.3 is 5.97 Å². The third kappa shape index (κ3) is 2.85. The van der Waals surface area contributed by atoms with Crippen molar-refractivity contribution in [1.82, 2.24) is 0 Å². The molecule has 4 heteroatoms. The molecule has 0 aliphatic heterocycles. The summed E-state index contributed by atoms with van der Waals surface area (Å²) in [5, 5.41) is 2.13. The second-order valence-corrected chi connectivity index (χ2v) is 5.66. The Bertz CT molecular complexity index is 664. The summed E-state index contributed by atoms with van der Waals surface area (Å²) in [4.78, 5) is 11.9. The molecule has 0 unspecified atom stereocenters. The summed E-state index contributed by atoms with van der Waals surface area (Å²) >= 11 is 0. The van der Waals surface area contributed by atoms with Gasteiger partial charge in [-0.2, -0.15) is 0 Å². The van der Waals surface area contributed by atoms with Gasteiger partial charge in [0.05, 0.1) is 19.6 Å². The Balaban J connectivity index is 2.41. The Morgan fingerprint density at radius 2 is 1.71 bits per heavy atom. The van der Waals surface area contributed by atoms with Gasteiger partial charge in [0.25, 0.3) is 0 Å². The number of benzene rings is 2. The smallest absolute Gasteiger partial charge is 0.313 e. The zero-order chi connectivity index (χ0) is 15.6. The van der Waals surface area contributed by atoms with Gasteiger partial charge < -0.3 is 15.2 Å². The number of hydrogen-bond donors (Lipinski definition) is 1. The number of carbonyl (C=O) groups is 1. The number of ether oxygens (including phenoxy) is 2. The van der Waals surface area contributed by atoms with Crippen molar-refractivity contribution >= 4 is 16.7 Å². The molecule has 0 aliphatic rings. The molecular weight excluding hydrogens is 266 g/mol. The van der Waals surface area contributed by atoms with E-state index >= 15 is 0 Å². The summed E-state index contributed by atoms with van der Waals surface area (Å²) in [6.45, 7) is 3.59. The molecule has 0 heterocycles. The molecule has 0 aromatic heterocycles. The van der Waals surface area contributed by atoms with E-state index in [0.717, 1.165) is 22.1 Å². The van der Waals surface area contributed by atoms with Crippen molar-refractivity contribution in [3.8, 4) is 5.75 Å². The highest BCUT2D eigenvalue weighted by molar-refractivity contribution is 5.85. The molecule has 2 N–H and O–H groups in total. The van der Waals surface area contributed by atoms with E-state index in [9.17, 15) is 4.79 Å². The number of carbonyl (C=O) groups excluding carboxylic acids is 1. The molecule has 0 saturated carbocycles. The highest BCUT2D eigenvalue weighted by atomic mass is 16.5. The van der Waals surface area contributed by atoms with Gasteiger partial charge in [-0.3, -0.25) is 4.79 Å². The molecular formula is C17H21NO3. The molecule has 0 fully saturated rings. The van der Waals surface area contributed by atoms with Crippen LogP contribution in [-0.2, 0) is 9.53 Å². The fraction of sp³-hybridized carbons (Fsp3) is 0.353. The van der Waals surface area contributed by atoms with E-state index in [1.54, 1.807) is 21.0 Å². The van der Waals surface area contributed by atoms with Crippen molar-refractivity contribution in [3.63, 3.8) is 0 Å². The molecule has 2 rings (SSSR count). The molecule has 0 aliphatic carbocycles. The summed E-state index contributed by atoms with van der Waals surface area (Å²) in [6, 6.07) is 11.4. The van der Waals surface area contributed by atoms with Crippen LogP contribution < -0.4 is 10.5 Å². The van der Waals surface area contributed by atoms with E-state index in [4.69, 9.17) is 15.2 Å². The van der Waals surface area contributed by atoms with Crippen molar-refractivity contribution in [1.29, 1.82) is 0 Å². The lowest BCUT2D eigenvalue weighted by Gasteiger charge is -2.29. The summed E-state index contributed by atoms with van der Waals surface area (Å²) in [5.41, 5.74) is 6.39. The van der Waals surface area contributed by atoms with E-state index < -0.39 is 11.5 Å². The largest absolute Gasteiger partial charge is 0.497 e. The van der Waals surface area contributed by atoms with Crippen LogP contribution in [0.5, 0.6) is 5.75 Å². The zero-order valence-corrected chi connectivity index (χ0v) is 12.8. The summed E-state index contributed by atoms with van der Waals surface area (Å²) in [5.74, 6) is 0.499. The lowest BCUT2D eigenvalue weighted by atomic mass is 9.80. The minimum Gasteiger partial charge on any atom is -0.497 e. The third-order valence-corrected chi connectivity index (χ3v) is 3.92. The summed E-state index contributed by atoms with van der Waals surface area (Å²) < 4.78 is 10.1. The molecule has 0 radical (unpaired) electrons. The van der Waals surface area contributed by atoms with Gasteiger partial charge in [0.15, 0.2) is 0 Å². The number of methoxy groups -OCH3 is 2. The van der Waals surface area contributed by atoms with Crippen molar-refractivity contribution in [2.75, 3.05) is 14.2 Å². The maximum absolute atomic E-state index is 11.9. The van der Waals surface area contributed by atoms with Gasteiger partial charge in [-0.25, -0.2) is 0 Å². The second kappa shape index (κ2) is 5.74. The molecule has 1 atom stereocenters. The first kappa shape index (κ1) is 15.3. The van der Waals surface area contributed by atoms with Crippen LogP contribution in [-0.4, -0.2) is 20.2 Å². The Morgan fingerprint density at radius 1 is 1.10 bits per heavy atom. The van der Waals surface area contributed by atoms with Crippen LogP contribution in [0, 0.1) is 5.41 Å². The lowest BCUT2D eigenvalue weighted by molar-refractivity contribution is -0.152. The van der Waals surface area contributed by atoms with Crippen LogP contribution in [0.3, 0.4) is 0 Å². The van der Waals surface area contributed by atoms with E-state index in [-0.39, 0.29) is 5.97 Å². The molecule has 2 aromatic rings. The number of esters is 1. The zero-order valence-electron chi connectivity index (χ0n) is 12.8. The quantitative estimate of drug-likeness (QED) is 0.878. The Labute approximate surface area is 124 Å². The van der Waals surface area contributed by atoms with Gasteiger partial charge in [-0.05, 0) is 48.4 Å². The van der Waals surface area contributed by atoms with E-state index in [2.05, 4.69) is 0 Å². The number of rotatable bonds is 4. The van der Waals surface area contributed by atoms with Crippen LogP contribution in [0.15, 0.2) is 36.4 Å². The van der Waals surface area contributed by atoms with Crippen LogP contribution in [0.1, 0.15) is 25.5 Å². The molecule has 0 saturated heterocycles. The lowest BCUT2D eigenvalue weighted by Crippen LogP contribution is -2.37. The Kier molecular flexibility index (Phi) is 4.19. The summed E-state index contributed by atoms with van der Waals surface area (Å²) in [7, 11) is 3.02.